The number of carbonyl (C=O) groups is 1. The molecule has 0 saturated carbocycles. The number of hydrogen-bond acceptors (Lipinski definition) is 3. The van der Waals surface area contributed by atoms with Crippen molar-refractivity contribution >= 4 is 19.0 Å². The number of rotatable bonds is 6. The number of benzene rings is 1. The number of hydrogen-bond donors (Lipinski definition) is 1. The summed E-state index contributed by atoms with van der Waals surface area (Å²) in [6.07, 6.45) is -0.407. The van der Waals surface area contributed by atoms with E-state index >= 15 is 0 Å². The van der Waals surface area contributed by atoms with Gasteiger partial charge in [0.25, 0.3) is 0 Å². The number of nitrogens with one attached hydrogen (secondary N) is 1. The lowest BCUT2D eigenvalue weighted by Crippen LogP contribution is -2.36. The van der Waals surface area contributed by atoms with Crippen LogP contribution < -0.4 is 10.8 Å². The summed E-state index contributed by atoms with van der Waals surface area (Å²) >= 11 is 0. The highest BCUT2D eigenvalue weighted by Gasteiger charge is 2.22. The Morgan fingerprint density at radius 2 is 1.70 bits per heavy atom. The lowest BCUT2D eigenvalue weighted by atomic mass is 9.84. The van der Waals surface area contributed by atoms with E-state index < -0.39 is 11.7 Å². The van der Waals surface area contributed by atoms with Crippen molar-refractivity contribution in [1.82, 2.24) is 5.32 Å². The molecule has 0 aromatic heterocycles. The van der Waals surface area contributed by atoms with Gasteiger partial charge in [0.05, 0.1) is 0 Å². The quantitative estimate of drug-likeness (QED) is 0.818. The van der Waals surface area contributed by atoms with Crippen LogP contribution in [-0.4, -0.2) is 24.8 Å². The van der Waals surface area contributed by atoms with E-state index in [0.29, 0.717) is 12.5 Å². The molecule has 0 heterocycles. The van der Waals surface area contributed by atoms with Gasteiger partial charge in [-0.25, -0.2) is 4.79 Å². The standard InChI is InChI=1S/C18H29BNO3/c1-13(2)18(6,7)23-19-15-10-8-14(9-11-15)12-20-16(21)22-17(3,4)5/h8-11,13H,12H2,1-7H3,(H,20,21). The Kier molecular flexibility index (Phi) is 6.69. The highest BCUT2D eigenvalue weighted by atomic mass is 16.6. The minimum absolute atomic E-state index is 0.197. The Labute approximate surface area is 141 Å². The molecule has 1 rings (SSSR count). The summed E-state index contributed by atoms with van der Waals surface area (Å²) in [4.78, 5) is 11.6. The van der Waals surface area contributed by atoms with E-state index in [-0.39, 0.29) is 5.60 Å². The summed E-state index contributed by atoms with van der Waals surface area (Å²) in [5.41, 5.74) is 1.33. The van der Waals surface area contributed by atoms with Gasteiger partial charge in [0.2, 0.25) is 0 Å². The molecule has 1 aromatic carbocycles. The van der Waals surface area contributed by atoms with Gasteiger partial charge in [0, 0.05) is 12.1 Å². The summed E-state index contributed by atoms with van der Waals surface area (Å²) in [6, 6.07) is 7.88. The van der Waals surface area contributed by atoms with Crippen molar-refractivity contribution in [3.63, 3.8) is 0 Å². The second kappa shape index (κ2) is 7.87. The lowest BCUT2D eigenvalue weighted by Gasteiger charge is -2.30. The molecule has 0 atom stereocenters. The number of carbonyl (C=O) groups excluding carboxylic acids is 1. The predicted molar refractivity (Wildman–Crippen MR) is 94.9 cm³/mol. The minimum atomic E-state index is -0.483. The van der Waals surface area contributed by atoms with Crippen molar-refractivity contribution in [2.75, 3.05) is 0 Å². The van der Waals surface area contributed by atoms with Gasteiger partial charge < -0.3 is 14.7 Å². The molecule has 1 aromatic rings. The molecule has 0 aliphatic rings. The smallest absolute Gasteiger partial charge is 0.407 e. The third kappa shape index (κ3) is 7.55. The Hall–Kier alpha value is -1.49. The molecule has 0 bridgehead atoms. The van der Waals surface area contributed by atoms with E-state index in [2.05, 4.69) is 33.0 Å². The molecule has 23 heavy (non-hydrogen) atoms. The highest BCUT2D eigenvalue weighted by Crippen LogP contribution is 2.19. The van der Waals surface area contributed by atoms with Gasteiger partial charge in [-0.3, -0.25) is 0 Å². The first kappa shape index (κ1) is 19.6. The fourth-order valence-electron chi connectivity index (χ4n) is 1.56. The second-order valence-electron chi connectivity index (χ2n) is 7.59. The molecule has 1 radical (unpaired) electrons. The van der Waals surface area contributed by atoms with Crippen molar-refractivity contribution < 1.29 is 14.2 Å². The van der Waals surface area contributed by atoms with Crippen LogP contribution in [0.15, 0.2) is 24.3 Å². The molecular formula is C18H29BNO3. The SMILES string of the molecule is CC(C)C(C)(C)O[B]c1ccc(CNC(=O)OC(C)(C)C)cc1. The normalized spacial score (nSPS) is 12.2. The van der Waals surface area contributed by atoms with Gasteiger partial charge in [-0.2, -0.15) is 0 Å². The van der Waals surface area contributed by atoms with Crippen LogP contribution in [0.2, 0.25) is 0 Å². The molecule has 0 saturated heterocycles. The first-order valence-electron chi connectivity index (χ1n) is 8.06. The van der Waals surface area contributed by atoms with Gasteiger partial charge in [0.1, 0.15) is 5.60 Å². The Morgan fingerprint density at radius 3 is 2.17 bits per heavy atom. The number of amides is 1. The Morgan fingerprint density at radius 1 is 1.13 bits per heavy atom. The summed E-state index contributed by atoms with van der Waals surface area (Å²) in [7, 11) is 1.78. The predicted octanol–water partition coefficient (Wildman–Crippen LogP) is 3.41. The summed E-state index contributed by atoms with van der Waals surface area (Å²) in [5.74, 6) is 0.427. The fraction of sp³-hybridized carbons (Fsp3) is 0.611. The zero-order valence-corrected chi connectivity index (χ0v) is 15.4. The summed E-state index contributed by atoms with van der Waals surface area (Å²) < 4.78 is 11.1. The molecule has 1 N–H and O–H groups in total. The van der Waals surface area contributed by atoms with Crippen LogP contribution in [0.4, 0.5) is 4.79 Å². The van der Waals surface area contributed by atoms with Crippen LogP contribution in [0.3, 0.4) is 0 Å². The average Bonchev–Trinajstić information content (AvgIpc) is 2.42. The van der Waals surface area contributed by atoms with Crippen LogP contribution in [0.1, 0.15) is 54.0 Å². The Balaban J connectivity index is 2.46. The third-order valence-electron chi connectivity index (χ3n) is 3.70. The van der Waals surface area contributed by atoms with Crippen LogP contribution in [0.5, 0.6) is 0 Å². The number of alkyl carbamates (subject to hydrolysis) is 1. The molecule has 1 amide bonds. The number of ether oxygens (including phenoxy) is 1. The third-order valence-corrected chi connectivity index (χ3v) is 3.70. The van der Waals surface area contributed by atoms with E-state index in [4.69, 9.17) is 9.39 Å². The van der Waals surface area contributed by atoms with Crippen molar-refractivity contribution in [1.29, 1.82) is 0 Å². The largest absolute Gasteiger partial charge is 0.444 e. The molecule has 127 valence electrons. The van der Waals surface area contributed by atoms with Crippen LogP contribution in [0.25, 0.3) is 0 Å². The van der Waals surface area contributed by atoms with E-state index in [0.717, 1.165) is 11.0 Å². The lowest BCUT2D eigenvalue weighted by molar-refractivity contribution is 0.0523. The Bertz CT molecular complexity index is 504. The van der Waals surface area contributed by atoms with Crippen molar-refractivity contribution in [3.05, 3.63) is 29.8 Å². The minimum Gasteiger partial charge on any atom is -0.444 e. The van der Waals surface area contributed by atoms with Gasteiger partial charge >= 0.3 is 13.6 Å². The summed E-state index contributed by atoms with van der Waals surface area (Å²) in [6.45, 7) is 14.4. The molecule has 0 aliphatic carbocycles. The van der Waals surface area contributed by atoms with E-state index in [1.807, 2.05) is 45.0 Å². The maximum atomic E-state index is 11.6. The first-order chi connectivity index (χ1) is 10.5. The molecule has 0 spiro atoms. The molecule has 0 fully saturated rings. The second-order valence-corrected chi connectivity index (χ2v) is 7.59. The fourth-order valence-corrected chi connectivity index (χ4v) is 1.56. The molecule has 4 nitrogen and oxygen atoms in total. The van der Waals surface area contributed by atoms with Crippen LogP contribution >= 0.6 is 0 Å². The highest BCUT2D eigenvalue weighted by molar-refractivity contribution is 6.47. The van der Waals surface area contributed by atoms with Crippen molar-refractivity contribution in [3.8, 4) is 0 Å². The maximum Gasteiger partial charge on any atom is 0.407 e. The zero-order chi connectivity index (χ0) is 17.7. The van der Waals surface area contributed by atoms with Gasteiger partial charge in [-0.15, -0.1) is 0 Å². The van der Waals surface area contributed by atoms with Crippen LogP contribution in [-0.2, 0) is 15.9 Å². The molecule has 0 unspecified atom stereocenters. The van der Waals surface area contributed by atoms with Gasteiger partial charge in [0.15, 0.2) is 0 Å². The zero-order valence-electron chi connectivity index (χ0n) is 15.4. The van der Waals surface area contributed by atoms with E-state index in [1.54, 1.807) is 7.48 Å². The monoisotopic (exact) mass is 318 g/mol. The van der Waals surface area contributed by atoms with E-state index in [9.17, 15) is 4.79 Å². The van der Waals surface area contributed by atoms with Crippen molar-refractivity contribution in [2.45, 2.75) is 66.2 Å². The van der Waals surface area contributed by atoms with E-state index in [1.165, 1.54) is 0 Å². The van der Waals surface area contributed by atoms with Gasteiger partial charge in [-0.1, -0.05) is 43.6 Å². The molecule has 5 heteroatoms. The molecular weight excluding hydrogens is 289 g/mol. The maximum absolute atomic E-state index is 11.6. The first-order valence-corrected chi connectivity index (χ1v) is 8.06. The summed E-state index contributed by atoms with van der Waals surface area (Å²) in [5, 5.41) is 2.74. The topological polar surface area (TPSA) is 47.6 Å². The average molecular weight is 318 g/mol. The van der Waals surface area contributed by atoms with Crippen LogP contribution in [0, 0.1) is 5.92 Å². The van der Waals surface area contributed by atoms with Gasteiger partial charge in [-0.05, 0) is 46.1 Å². The van der Waals surface area contributed by atoms with Crippen molar-refractivity contribution in [2.24, 2.45) is 5.92 Å². The molecule has 0 aliphatic heterocycles.